The summed E-state index contributed by atoms with van der Waals surface area (Å²) in [7, 11) is -1.33. The van der Waals surface area contributed by atoms with E-state index >= 15 is 0 Å². The number of piperazine rings is 1. The van der Waals surface area contributed by atoms with Crippen molar-refractivity contribution < 1.29 is 13.8 Å². The largest absolute Gasteiger partial charge is 0.356 e. The van der Waals surface area contributed by atoms with Crippen LogP contribution < -0.4 is 21.0 Å². The van der Waals surface area contributed by atoms with Crippen molar-refractivity contribution in [3.63, 3.8) is 0 Å². The summed E-state index contributed by atoms with van der Waals surface area (Å²) in [5.74, 6) is 0.469. The number of nitrogens with one attached hydrogen (secondary N) is 3. The van der Waals surface area contributed by atoms with Crippen molar-refractivity contribution in [2.24, 2.45) is 5.92 Å². The van der Waals surface area contributed by atoms with Gasteiger partial charge in [-0.1, -0.05) is 63.2 Å². The van der Waals surface area contributed by atoms with Crippen molar-refractivity contribution in [1.82, 2.24) is 24.7 Å². The normalized spacial score (nSPS) is 14.1. The van der Waals surface area contributed by atoms with Crippen molar-refractivity contribution in [2.75, 3.05) is 43.2 Å². The Morgan fingerprint density at radius 2 is 1.71 bits per heavy atom. The smallest absolute Gasteiger partial charge is 0.333 e. The quantitative estimate of drug-likeness (QED) is 0.262. The number of anilines is 1. The van der Waals surface area contributed by atoms with Gasteiger partial charge in [0, 0.05) is 57.0 Å². The van der Waals surface area contributed by atoms with Gasteiger partial charge in [-0.3, -0.25) is 18.7 Å². The molecule has 4 rings (SSSR count). The highest BCUT2D eigenvalue weighted by Crippen LogP contribution is 2.31. The summed E-state index contributed by atoms with van der Waals surface area (Å²) in [5, 5.41) is 6.22. The molecule has 2 heterocycles. The Morgan fingerprint density at radius 3 is 2.40 bits per heavy atom. The molecule has 226 valence electrons. The van der Waals surface area contributed by atoms with Crippen LogP contribution in [0.1, 0.15) is 50.5 Å². The van der Waals surface area contributed by atoms with Gasteiger partial charge in [0.05, 0.1) is 17.1 Å². The fourth-order valence-corrected chi connectivity index (χ4v) is 5.99. The second-order valence-electron chi connectivity index (χ2n) is 10.8. The predicted octanol–water partition coefficient (Wildman–Crippen LogP) is 3.39. The number of hydrogen-bond acceptors (Lipinski definition) is 5. The van der Waals surface area contributed by atoms with E-state index in [0.717, 1.165) is 12.0 Å². The van der Waals surface area contributed by atoms with Crippen molar-refractivity contribution in [2.45, 2.75) is 46.6 Å². The van der Waals surface area contributed by atoms with Crippen molar-refractivity contribution in [3.8, 4) is 16.9 Å². The number of carbonyl (C=O) groups is 2. The lowest BCUT2D eigenvalue weighted by atomic mass is 10.1. The molecular formula is C31H42N6O4S. The van der Waals surface area contributed by atoms with Crippen molar-refractivity contribution >= 4 is 28.5 Å². The highest BCUT2D eigenvalue weighted by atomic mass is 32.2. The van der Waals surface area contributed by atoms with Crippen LogP contribution in [-0.2, 0) is 22.3 Å². The third-order valence-electron chi connectivity index (χ3n) is 7.03. The van der Waals surface area contributed by atoms with E-state index in [2.05, 4.69) is 15.4 Å². The fraction of sp³-hybridized carbons (Fsp3) is 0.452. The minimum atomic E-state index is -1.33. The zero-order chi connectivity index (χ0) is 30.1. The van der Waals surface area contributed by atoms with E-state index in [1.165, 1.54) is 0 Å². The first-order valence-corrected chi connectivity index (χ1v) is 16.1. The lowest BCUT2D eigenvalue weighted by molar-refractivity contribution is -0.121. The third kappa shape index (κ3) is 7.57. The summed E-state index contributed by atoms with van der Waals surface area (Å²) in [6.07, 6.45) is 1.65. The van der Waals surface area contributed by atoms with Gasteiger partial charge in [-0.2, -0.15) is 0 Å². The van der Waals surface area contributed by atoms with Crippen LogP contribution in [0.3, 0.4) is 0 Å². The molecule has 2 amide bonds. The number of benzene rings is 2. The number of amides is 2. The maximum absolute atomic E-state index is 14.4. The molecule has 1 aromatic heterocycles. The minimum absolute atomic E-state index is 0.0305. The third-order valence-corrected chi connectivity index (χ3v) is 8.25. The molecule has 1 aliphatic rings. The van der Waals surface area contributed by atoms with Crippen LogP contribution in [0.2, 0.25) is 0 Å². The standard InChI is InChI=1S/C31H42N6O4S/c1-4-21-42(41)34-25-13-8-9-14-26(25)37-28(24-11-6-5-7-12-24)29(30(39)35-19-16-32-17-20-35)36(31(37)40)18-10-15-33-27(38)22-23(2)3/h5-9,11-14,23,32,34H,4,10,15-22H2,1-3H3,(H,33,38). The Bertz CT molecular complexity index is 1440. The van der Waals surface area contributed by atoms with Gasteiger partial charge >= 0.3 is 5.69 Å². The van der Waals surface area contributed by atoms with Gasteiger partial charge in [0.1, 0.15) is 16.7 Å². The monoisotopic (exact) mass is 594 g/mol. The molecule has 0 bridgehead atoms. The summed E-state index contributed by atoms with van der Waals surface area (Å²) in [4.78, 5) is 42.6. The molecule has 1 atom stereocenters. The maximum Gasteiger partial charge on any atom is 0.333 e. The van der Waals surface area contributed by atoms with Crippen molar-refractivity contribution in [1.29, 1.82) is 0 Å². The summed E-state index contributed by atoms with van der Waals surface area (Å²) < 4.78 is 18.9. The molecule has 0 radical (unpaired) electrons. The lowest BCUT2D eigenvalue weighted by Gasteiger charge is -2.28. The molecule has 0 saturated carbocycles. The summed E-state index contributed by atoms with van der Waals surface area (Å²) in [6, 6.07) is 16.7. The average Bonchev–Trinajstić information content (AvgIpc) is 3.27. The van der Waals surface area contributed by atoms with Crippen molar-refractivity contribution in [3.05, 3.63) is 70.8 Å². The molecule has 1 unspecified atom stereocenters. The Hall–Kier alpha value is -3.70. The Morgan fingerprint density at radius 1 is 1.02 bits per heavy atom. The number of hydrogen-bond donors (Lipinski definition) is 3. The van der Waals surface area contributed by atoms with Gasteiger partial charge in [0.15, 0.2) is 0 Å². The lowest BCUT2D eigenvalue weighted by Crippen LogP contribution is -2.47. The van der Waals surface area contributed by atoms with Gasteiger partial charge in [0.25, 0.3) is 5.91 Å². The molecule has 2 aromatic carbocycles. The molecule has 1 fully saturated rings. The second-order valence-corrected chi connectivity index (χ2v) is 12.1. The maximum atomic E-state index is 14.4. The van der Waals surface area contributed by atoms with E-state index in [-0.39, 0.29) is 30.0 Å². The molecule has 42 heavy (non-hydrogen) atoms. The number of aromatic nitrogens is 2. The summed E-state index contributed by atoms with van der Waals surface area (Å²) in [6.45, 7) is 9.00. The molecule has 1 aliphatic heterocycles. The number of para-hydroxylation sites is 2. The summed E-state index contributed by atoms with van der Waals surface area (Å²) in [5.41, 5.74) is 2.22. The van der Waals surface area contributed by atoms with Crippen LogP contribution in [0.15, 0.2) is 59.4 Å². The number of nitrogens with zero attached hydrogens (tertiary/aromatic N) is 3. The second kappa shape index (κ2) is 15.0. The first-order chi connectivity index (χ1) is 20.3. The first kappa shape index (κ1) is 31.2. The van der Waals surface area contributed by atoms with E-state index in [0.29, 0.717) is 74.1 Å². The van der Waals surface area contributed by atoms with E-state index in [1.54, 1.807) is 26.2 Å². The van der Waals surface area contributed by atoms with Crippen LogP contribution >= 0.6 is 0 Å². The van der Waals surface area contributed by atoms with Gasteiger partial charge in [0.2, 0.25) is 5.91 Å². The molecule has 3 N–H and O–H groups in total. The van der Waals surface area contributed by atoms with E-state index < -0.39 is 11.0 Å². The van der Waals surface area contributed by atoms with E-state index in [4.69, 9.17) is 0 Å². The molecule has 0 spiro atoms. The topological polar surface area (TPSA) is 117 Å². The van der Waals surface area contributed by atoms with Gasteiger partial charge in [-0.25, -0.2) is 9.00 Å². The molecule has 0 aliphatic carbocycles. The minimum Gasteiger partial charge on any atom is -0.356 e. The highest BCUT2D eigenvalue weighted by Gasteiger charge is 2.31. The van der Waals surface area contributed by atoms with Crippen LogP contribution in [0.4, 0.5) is 5.69 Å². The molecule has 11 heteroatoms. The van der Waals surface area contributed by atoms with Gasteiger partial charge in [-0.05, 0) is 30.9 Å². The Kier molecular flexibility index (Phi) is 11.1. The van der Waals surface area contributed by atoms with Crippen LogP contribution in [0.5, 0.6) is 0 Å². The first-order valence-electron chi connectivity index (χ1n) is 14.7. The SMILES string of the molecule is CCCS(=O)Nc1ccccc1-n1c(-c2ccccc2)c(C(=O)N2CCNCC2)n(CCCNC(=O)CC(C)C)c1=O. The van der Waals surface area contributed by atoms with E-state index in [9.17, 15) is 18.6 Å². The molecule has 3 aromatic rings. The number of rotatable bonds is 13. The molecular weight excluding hydrogens is 552 g/mol. The van der Waals surface area contributed by atoms with Crippen LogP contribution in [0.25, 0.3) is 16.9 Å². The molecule has 10 nitrogen and oxygen atoms in total. The Labute approximate surface area is 250 Å². The zero-order valence-corrected chi connectivity index (χ0v) is 25.5. The fourth-order valence-electron chi connectivity index (χ4n) is 5.09. The van der Waals surface area contributed by atoms with Gasteiger partial charge in [-0.15, -0.1) is 0 Å². The zero-order valence-electron chi connectivity index (χ0n) is 24.7. The Balaban J connectivity index is 1.85. The summed E-state index contributed by atoms with van der Waals surface area (Å²) >= 11 is 0. The van der Waals surface area contributed by atoms with Crippen LogP contribution in [0, 0.1) is 5.92 Å². The van der Waals surface area contributed by atoms with Crippen LogP contribution in [-0.4, -0.2) is 68.5 Å². The highest BCUT2D eigenvalue weighted by molar-refractivity contribution is 7.86. The van der Waals surface area contributed by atoms with Gasteiger partial charge < -0.3 is 20.3 Å². The van der Waals surface area contributed by atoms with E-state index in [1.807, 2.05) is 63.2 Å². The predicted molar refractivity (Wildman–Crippen MR) is 168 cm³/mol. The molecule has 1 saturated heterocycles. The average molecular weight is 595 g/mol. The number of imidazole rings is 1. The number of carbonyl (C=O) groups excluding carboxylic acids is 2.